The average molecular weight is 455 g/mol. The Balaban J connectivity index is 1.55. The first-order valence-corrected chi connectivity index (χ1v) is 10.5. The highest BCUT2D eigenvalue weighted by Gasteiger charge is 2.52. The Morgan fingerprint density at radius 2 is 1.61 bits per heavy atom. The van der Waals surface area contributed by atoms with E-state index < -0.39 is 22.9 Å². The number of ether oxygens (including phenoxy) is 2. The largest absolute Gasteiger partial charge is 0.493 e. The van der Waals surface area contributed by atoms with Crippen LogP contribution in [0.3, 0.4) is 0 Å². The highest BCUT2D eigenvalue weighted by atomic mass is 19.2. The van der Waals surface area contributed by atoms with E-state index in [1.165, 1.54) is 4.90 Å². The summed E-state index contributed by atoms with van der Waals surface area (Å²) in [7, 11) is 4.75. The van der Waals surface area contributed by atoms with Crippen LogP contribution in [0.2, 0.25) is 0 Å². The number of carbonyl (C=O) groups is 1. The van der Waals surface area contributed by atoms with E-state index in [4.69, 9.17) is 9.47 Å². The molecule has 1 aliphatic rings. The molecule has 0 unspecified atom stereocenters. The molecule has 0 atom stereocenters. The van der Waals surface area contributed by atoms with E-state index in [2.05, 4.69) is 0 Å². The maximum absolute atomic E-state index is 13.5. The van der Waals surface area contributed by atoms with Gasteiger partial charge in [-0.25, -0.2) is 13.2 Å². The van der Waals surface area contributed by atoms with Crippen LogP contribution >= 0.6 is 0 Å². The molecular weight excluding hydrogens is 431 g/mol. The zero-order valence-electron chi connectivity index (χ0n) is 18.6. The molecule has 0 spiro atoms. The minimum atomic E-state index is -1.51. The van der Waals surface area contributed by atoms with Gasteiger partial charge in [-0.3, -0.25) is 4.79 Å². The van der Waals surface area contributed by atoms with Crippen molar-refractivity contribution in [1.29, 1.82) is 0 Å². The summed E-state index contributed by atoms with van der Waals surface area (Å²) in [6.07, 6.45) is 1.37. The first-order valence-electron chi connectivity index (χ1n) is 10.5. The minimum absolute atomic E-state index is 0.0200. The van der Waals surface area contributed by atoms with Gasteiger partial charge in [-0.2, -0.15) is 0 Å². The lowest BCUT2D eigenvalue weighted by Crippen LogP contribution is -2.36. The fraction of sp³-hybridized carbons (Fsp3) is 0.269. The number of para-hydroxylation sites is 1. The molecule has 3 aromatic carbocycles. The number of likely N-dealkylation sites (N-methyl/N-ethyl adjacent to an activating group) is 1. The van der Waals surface area contributed by atoms with Crippen molar-refractivity contribution in [2.24, 2.45) is 0 Å². The second kappa shape index (κ2) is 8.81. The molecule has 1 amide bonds. The Morgan fingerprint density at radius 1 is 0.970 bits per heavy atom. The molecule has 1 aliphatic carbocycles. The van der Waals surface area contributed by atoms with Gasteiger partial charge in [-0.15, -0.1) is 0 Å². The van der Waals surface area contributed by atoms with Crippen molar-refractivity contribution in [1.82, 2.24) is 4.90 Å². The molecule has 1 saturated carbocycles. The molecule has 0 heterocycles. The molecule has 0 aromatic heterocycles. The normalized spacial score (nSPS) is 14.0. The smallest absolute Gasteiger partial charge is 0.233 e. The highest BCUT2D eigenvalue weighted by molar-refractivity contribution is 5.91. The quantitative estimate of drug-likeness (QED) is 0.443. The Morgan fingerprint density at radius 3 is 2.15 bits per heavy atom. The zero-order valence-corrected chi connectivity index (χ0v) is 18.6. The average Bonchev–Trinajstić information content (AvgIpc) is 3.63. The molecule has 172 valence electrons. The van der Waals surface area contributed by atoms with Gasteiger partial charge in [0.05, 0.1) is 19.6 Å². The van der Waals surface area contributed by atoms with Crippen LogP contribution in [-0.4, -0.2) is 32.1 Å². The number of benzene rings is 3. The van der Waals surface area contributed by atoms with Crippen molar-refractivity contribution in [3.8, 4) is 22.6 Å². The van der Waals surface area contributed by atoms with Gasteiger partial charge in [-0.05, 0) is 47.7 Å². The minimum Gasteiger partial charge on any atom is -0.493 e. The predicted molar refractivity (Wildman–Crippen MR) is 119 cm³/mol. The monoisotopic (exact) mass is 455 g/mol. The van der Waals surface area contributed by atoms with Crippen LogP contribution in [0.4, 0.5) is 13.2 Å². The molecular formula is C26H24F3NO3. The molecule has 0 N–H and O–H groups in total. The number of amides is 1. The fourth-order valence-corrected chi connectivity index (χ4v) is 4.24. The fourth-order valence-electron chi connectivity index (χ4n) is 4.24. The van der Waals surface area contributed by atoms with Crippen molar-refractivity contribution < 1.29 is 27.4 Å². The first-order chi connectivity index (χ1) is 15.8. The van der Waals surface area contributed by atoms with E-state index in [1.54, 1.807) is 21.3 Å². The van der Waals surface area contributed by atoms with Gasteiger partial charge in [-0.1, -0.05) is 36.4 Å². The third-order valence-corrected chi connectivity index (χ3v) is 6.12. The first kappa shape index (κ1) is 22.7. The molecule has 0 radical (unpaired) electrons. The summed E-state index contributed by atoms with van der Waals surface area (Å²) >= 11 is 0. The van der Waals surface area contributed by atoms with Crippen LogP contribution in [0.1, 0.15) is 24.0 Å². The SMILES string of the molecule is COc1cccc(-c2ccc(C3(C(=O)N(C)Cc4cc(F)c(F)c(F)c4)CC3)cc2)c1OC. The van der Waals surface area contributed by atoms with Crippen molar-refractivity contribution >= 4 is 5.91 Å². The number of halogens is 3. The van der Waals surface area contributed by atoms with Gasteiger partial charge < -0.3 is 14.4 Å². The standard InChI is InChI=1S/C26H24F3NO3/c1-30(15-16-13-20(27)23(29)21(28)14-16)25(31)26(11-12-26)18-9-7-17(8-10-18)19-5-4-6-22(32-2)24(19)33-3/h4-10,13-14H,11-12,15H2,1-3H3. The lowest BCUT2D eigenvalue weighted by molar-refractivity contribution is -0.133. The number of hydrogen-bond acceptors (Lipinski definition) is 3. The molecule has 3 aromatic rings. The summed E-state index contributed by atoms with van der Waals surface area (Å²) in [6, 6.07) is 15.2. The van der Waals surface area contributed by atoms with Gasteiger partial charge in [0.1, 0.15) is 0 Å². The van der Waals surface area contributed by atoms with Crippen molar-refractivity contribution in [3.63, 3.8) is 0 Å². The molecule has 4 nitrogen and oxygen atoms in total. The maximum Gasteiger partial charge on any atom is 0.233 e. The van der Waals surface area contributed by atoms with E-state index in [1.807, 2.05) is 42.5 Å². The van der Waals surface area contributed by atoms with E-state index >= 15 is 0 Å². The number of methoxy groups -OCH3 is 2. The zero-order chi connectivity index (χ0) is 23.8. The molecule has 0 aliphatic heterocycles. The third-order valence-electron chi connectivity index (χ3n) is 6.12. The summed E-state index contributed by atoms with van der Waals surface area (Å²) in [4.78, 5) is 14.7. The van der Waals surface area contributed by atoms with Crippen LogP contribution < -0.4 is 9.47 Å². The Hall–Kier alpha value is -3.48. The van der Waals surface area contributed by atoms with Crippen molar-refractivity contribution in [2.45, 2.75) is 24.8 Å². The number of hydrogen-bond donors (Lipinski definition) is 0. The third kappa shape index (κ3) is 4.15. The van der Waals surface area contributed by atoms with E-state index in [9.17, 15) is 18.0 Å². The summed E-state index contributed by atoms with van der Waals surface area (Å²) < 4.78 is 51.2. The number of rotatable bonds is 7. The molecule has 33 heavy (non-hydrogen) atoms. The predicted octanol–water partition coefficient (Wildman–Crippen LogP) is 5.48. The van der Waals surface area contributed by atoms with Crippen LogP contribution in [0.15, 0.2) is 54.6 Å². The Labute approximate surface area is 190 Å². The number of nitrogens with zero attached hydrogens (tertiary/aromatic N) is 1. The van der Waals surface area contributed by atoms with Crippen molar-refractivity contribution in [2.75, 3.05) is 21.3 Å². The summed E-state index contributed by atoms with van der Waals surface area (Å²) in [5.74, 6) is -2.93. The summed E-state index contributed by atoms with van der Waals surface area (Å²) in [5, 5.41) is 0. The highest BCUT2D eigenvalue weighted by Crippen LogP contribution is 2.50. The lowest BCUT2D eigenvalue weighted by Gasteiger charge is -2.24. The van der Waals surface area contributed by atoms with E-state index in [-0.39, 0.29) is 18.0 Å². The number of carbonyl (C=O) groups excluding carboxylic acids is 1. The Bertz CT molecular complexity index is 1170. The van der Waals surface area contributed by atoms with Crippen LogP contribution in [-0.2, 0) is 16.8 Å². The van der Waals surface area contributed by atoms with Crippen LogP contribution in [0, 0.1) is 17.5 Å². The molecule has 0 saturated heterocycles. The van der Waals surface area contributed by atoms with Crippen LogP contribution in [0.5, 0.6) is 11.5 Å². The second-order valence-corrected chi connectivity index (χ2v) is 8.24. The van der Waals surface area contributed by atoms with Crippen LogP contribution in [0.25, 0.3) is 11.1 Å². The lowest BCUT2D eigenvalue weighted by atomic mass is 9.92. The van der Waals surface area contributed by atoms with Gasteiger partial charge in [0, 0.05) is 19.2 Å². The van der Waals surface area contributed by atoms with Crippen molar-refractivity contribution in [3.05, 3.63) is 83.2 Å². The maximum atomic E-state index is 13.5. The van der Waals surface area contributed by atoms with Gasteiger partial charge in [0.15, 0.2) is 29.0 Å². The van der Waals surface area contributed by atoms with Gasteiger partial charge in [0.25, 0.3) is 0 Å². The second-order valence-electron chi connectivity index (χ2n) is 8.24. The molecule has 7 heteroatoms. The molecule has 4 rings (SSSR count). The Kier molecular flexibility index (Phi) is 6.06. The summed E-state index contributed by atoms with van der Waals surface area (Å²) in [6.45, 7) is -0.0200. The van der Waals surface area contributed by atoms with E-state index in [0.29, 0.717) is 24.3 Å². The topological polar surface area (TPSA) is 38.8 Å². The van der Waals surface area contributed by atoms with E-state index in [0.717, 1.165) is 28.8 Å². The summed E-state index contributed by atoms with van der Waals surface area (Å²) in [5.41, 5.74) is 2.20. The van der Waals surface area contributed by atoms with Gasteiger partial charge >= 0.3 is 0 Å². The molecule has 0 bridgehead atoms. The molecule has 1 fully saturated rings. The van der Waals surface area contributed by atoms with Gasteiger partial charge in [0.2, 0.25) is 5.91 Å².